The van der Waals surface area contributed by atoms with E-state index in [2.05, 4.69) is 31.4 Å². The van der Waals surface area contributed by atoms with E-state index in [0.717, 1.165) is 29.7 Å². The second-order valence-electron chi connectivity index (χ2n) is 10.7. The van der Waals surface area contributed by atoms with E-state index in [1.165, 1.54) is 39.3 Å². The number of hydrogen-bond donors (Lipinski definition) is 2. The lowest BCUT2D eigenvalue weighted by molar-refractivity contribution is -0.115. The van der Waals surface area contributed by atoms with Gasteiger partial charge in [0.2, 0.25) is 5.91 Å². The third-order valence-electron chi connectivity index (χ3n) is 6.98. The van der Waals surface area contributed by atoms with Crippen molar-refractivity contribution < 1.29 is 19.1 Å². The predicted molar refractivity (Wildman–Crippen MR) is 163 cm³/mol. The van der Waals surface area contributed by atoms with Crippen molar-refractivity contribution in [2.45, 2.75) is 70.4 Å². The van der Waals surface area contributed by atoms with Gasteiger partial charge < -0.3 is 15.4 Å². The van der Waals surface area contributed by atoms with E-state index in [-0.39, 0.29) is 35.1 Å². The van der Waals surface area contributed by atoms with Crippen LogP contribution in [0.5, 0.6) is 0 Å². The number of thioether (sulfide) groups is 1. The summed E-state index contributed by atoms with van der Waals surface area (Å²) in [4.78, 5) is 41.6. The minimum Gasteiger partial charge on any atom is -0.462 e. The number of ether oxygens (including phenoxy) is 1. The lowest BCUT2D eigenvalue weighted by atomic mass is 9.72. The molecule has 208 valence electrons. The summed E-state index contributed by atoms with van der Waals surface area (Å²) >= 11 is 4.35. The van der Waals surface area contributed by atoms with Crippen molar-refractivity contribution in [1.82, 2.24) is 0 Å². The van der Waals surface area contributed by atoms with Crippen LogP contribution in [0.2, 0.25) is 0 Å². The Morgan fingerprint density at radius 2 is 1.92 bits per heavy atom. The molecule has 0 saturated carbocycles. The van der Waals surface area contributed by atoms with Crippen molar-refractivity contribution >= 4 is 62.9 Å². The molecule has 0 bridgehead atoms. The van der Waals surface area contributed by atoms with Crippen LogP contribution in [0.25, 0.3) is 0 Å². The monoisotopic (exact) mass is 584 g/mol. The molecular weight excluding hydrogens is 549 g/mol. The van der Waals surface area contributed by atoms with E-state index < -0.39 is 0 Å². The van der Waals surface area contributed by atoms with Gasteiger partial charge in [0.1, 0.15) is 5.00 Å². The molecule has 9 heteroatoms. The first-order valence-corrected chi connectivity index (χ1v) is 15.9. The minimum atomic E-state index is -0.371. The number of carbonyl (C=O) groups excluding carboxylic acids is 3. The molecule has 2 N–H and O–H groups in total. The number of fused-ring (bicyclic) bond motifs is 1. The van der Waals surface area contributed by atoms with Crippen LogP contribution in [-0.4, -0.2) is 29.6 Å². The van der Waals surface area contributed by atoms with Crippen molar-refractivity contribution in [3.8, 4) is 0 Å². The second kappa shape index (κ2) is 12.7. The van der Waals surface area contributed by atoms with Gasteiger partial charge in [-0.25, -0.2) is 4.79 Å². The second-order valence-corrected chi connectivity index (χ2v) is 14.0. The number of anilines is 2. The molecule has 3 aromatic rings. The summed E-state index contributed by atoms with van der Waals surface area (Å²) in [7, 11) is 0. The van der Waals surface area contributed by atoms with Gasteiger partial charge in [0, 0.05) is 15.5 Å². The van der Waals surface area contributed by atoms with Crippen LogP contribution < -0.4 is 10.6 Å². The van der Waals surface area contributed by atoms with Gasteiger partial charge in [-0.05, 0) is 79.1 Å². The molecule has 1 aliphatic carbocycles. The minimum absolute atomic E-state index is 0.146. The highest BCUT2D eigenvalue weighted by Crippen LogP contribution is 2.45. The number of esters is 1. The lowest BCUT2D eigenvalue weighted by Crippen LogP contribution is -2.27. The van der Waals surface area contributed by atoms with E-state index in [9.17, 15) is 14.4 Å². The maximum atomic E-state index is 13.5. The Morgan fingerprint density at radius 1 is 1.13 bits per heavy atom. The number of hydrogen-bond acceptors (Lipinski definition) is 7. The molecule has 2 atom stereocenters. The molecule has 0 fully saturated rings. The van der Waals surface area contributed by atoms with E-state index in [1.807, 2.05) is 42.6 Å². The average molecular weight is 585 g/mol. The summed E-state index contributed by atoms with van der Waals surface area (Å²) < 4.78 is 5.40. The number of rotatable bonds is 9. The topological polar surface area (TPSA) is 84.5 Å². The molecular formula is C30H36N2O4S3. The van der Waals surface area contributed by atoms with E-state index in [1.54, 1.807) is 13.0 Å². The first-order chi connectivity index (χ1) is 18.6. The van der Waals surface area contributed by atoms with Crippen LogP contribution in [0.3, 0.4) is 0 Å². The zero-order valence-electron chi connectivity index (χ0n) is 23.1. The third-order valence-corrected chi connectivity index (χ3v) is 10.4. The van der Waals surface area contributed by atoms with Crippen molar-refractivity contribution in [3.63, 3.8) is 0 Å². The summed E-state index contributed by atoms with van der Waals surface area (Å²) in [5, 5.41) is 8.10. The quantitative estimate of drug-likeness (QED) is 0.197. The Balaban J connectivity index is 1.51. The Kier molecular flexibility index (Phi) is 9.56. The van der Waals surface area contributed by atoms with Crippen molar-refractivity contribution in [2.75, 3.05) is 17.2 Å². The number of carbonyl (C=O) groups is 3. The fraction of sp³-hybridized carbons (Fsp3) is 0.433. The summed E-state index contributed by atoms with van der Waals surface area (Å²) in [6.45, 7) is 10.8. The highest BCUT2D eigenvalue weighted by atomic mass is 32.2. The van der Waals surface area contributed by atoms with Crippen LogP contribution >= 0.6 is 34.4 Å². The Bertz CT molecular complexity index is 1320. The van der Waals surface area contributed by atoms with Gasteiger partial charge in [-0.15, -0.1) is 34.4 Å². The number of thiophene rings is 2. The molecule has 0 saturated heterocycles. The summed E-state index contributed by atoms with van der Waals surface area (Å²) in [5.74, 6) is -0.144. The number of benzene rings is 1. The van der Waals surface area contributed by atoms with Crippen LogP contribution in [-0.2, 0) is 22.4 Å². The van der Waals surface area contributed by atoms with E-state index in [0.29, 0.717) is 33.5 Å². The van der Waals surface area contributed by atoms with E-state index >= 15 is 0 Å². The molecule has 39 heavy (non-hydrogen) atoms. The lowest BCUT2D eigenvalue weighted by Gasteiger charge is -2.33. The van der Waals surface area contributed by atoms with Crippen molar-refractivity contribution in [1.29, 1.82) is 0 Å². The Labute approximate surface area is 242 Å². The van der Waals surface area contributed by atoms with Crippen LogP contribution in [0.15, 0.2) is 46.7 Å². The number of amides is 2. The van der Waals surface area contributed by atoms with Gasteiger partial charge >= 0.3 is 5.97 Å². The Morgan fingerprint density at radius 3 is 2.59 bits per heavy atom. The van der Waals surface area contributed by atoms with Crippen LogP contribution in [0.1, 0.15) is 77.9 Å². The highest BCUT2D eigenvalue weighted by molar-refractivity contribution is 8.00. The molecule has 2 aromatic heterocycles. The van der Waals surface area contributed by atoms with Crippen LogP contribution in [0.4, 0.5) is 10.7 Å². The normalized spacial score (nSPS) is 15.8. The van der Waals surface area contributed by atoms with Crippen molar-refractivity contribution in [3.05, 3.63) is 62.7 Å². The van der Waals surface area contributed by atoms with Gasteiger partial charge in [0.15, 0.2) is 0 Å². The van der Waals surface area contributed by atoms with Crippen LogP contribution in [0, 0.1) is 11.3 Å². The van der Waals surface area contributed by atoms with Crippen molar-refractivity contribution in [2.24, 2.45) is 11.3 Å². The highest BCUT2D eigenvalue weighted by Gasteiger charge is 2.35. The largest absolute Gasteiger partial charge is 0.462 e. The average Bonchev–Trinajstić information content (AvgIpc) is 3.55. The first-order valence-electron chi connectivity index (χ1n) is 13.3. The SMILES string of the molecule is CCOC(=O)c1c(NC(=O)C(CC)Sc2cccc(NC(=O)c3cccs3)c2)sc2c1CCC(C(C)(C)C)C2. The zero-order chi connectivity index (χ0) is 28.2. The Hall–Kier alpha value is -2.62. The van der Waals surface area contributed by atoms with Gasteiger partial charge in [-0.2, -0.15) is 0 Å². The molecule has 2 heterocycles. The molecule has 6 nitrogen and oxygen atoms in total. The summed E-state index contributed by atoms with van der Waals surface area (Å²) in [6.07, 6.45) is 3.34. The molecule has 0 aliphatic heterocycles. The predicted octanol–water partition coefficient (Wildman–Crippen LogP) is 7.90. The smallest absolute Gasteiger partial charge is 0.341 e. The van der Waals surface area contributed by atoms with Gasteiger partial charge in [-0.1, -0.05) is 39.8 Å². The molecule has 0 spiro atoms. The fourth-order valence-electron chi connectivity index (χ4n) is 4.76. The maximum Gasteiger partial charge on any atom is 0.341 e. The standard InChI is InChI=1S/C30H36N2O4S3/c1-6-22(38-20-11-8-10-19(17-20)31-27(34)23-12-9-15-37-23)26(33)32-28-25(29(35)36-7-2)21-14-13-18(30(3,4)5)16-24(21)39-28/h8-12,15,17-18,22H,6-7,13-14,16H2,1-5H3,(H,31,34)(H,32,33). The summed E-state index contributed by atoms with van der Waals surface area (Å²) in [5.41, 5.74) is 2.41. The molecule has 1 aromatic carbocycles. The molecule has 2 unspecified atom stereocenters. The fourth-order valence-corrected chi connectivity index (χ4v) is 7.71. The molecule has 0 radical (unpaired) electrons. The zero-order valence-corrected chi connectivity index (χ0v) is 25.5. The van der Waals surface area contributed by atoms with Gasteiger partial charge in [0.25, 0.3) is 5.91 Å². The molecule has 2 amide bonds. The van der Waals surface area contributed by atoms with Gasteiger partial charge in [0.05, 0.1) is 22.3 Å². The number of nitrogens with one attached hydrogen (secondary N) is 2. The molecule has 4 rings (SSSR count). The van der Waals surface area contributed by atoms with Gasteiger partial charge in [-0.3, -0.25) is 9.59 Å². The molecule has 1 aliphatic rings. The third kappa shape index (κ3) is 7.13. The first kappa shape index (κ1) is 29.4. The maximum absolute atomic E-state index is 13.5. The van der Waals surface area contributed by atoms with E-state index in [4.69, 9.17) is 4.74 Å². The summed E-state index contributed by atoms with van der Waals surface area (Å²) in [6, 6.07) is 11.1.